The Balaban J connectivity index is 1.93. The Labute approximate surface area is 185 Å². The molecular formula is C21H20FN3O5S2. The molecule has 0 aromatic heterocycles. The van der Waals surface area contributed by atoms with Crippen LogP contribution in [0.15, 0.2) is 70.5 Å². The summed E-state index contributed by atoms with van der Waals surface area (Å²) in [7, 11) is -8.17. The first-order chi connectivity index (χ1) is 14.9. The Hall–Kier alpha value is -3.28. The molecule has 0 bridgehead atoms. The molecule has 0 aliphatic carbocycles. The molecule has 0 spiro atoms. The van der Waals surface area contributed by atoms with Crippen LogP contribution in [0, 0.1) is 19.7 Å². The number of anilines is 2. The Morgan fingerprint density at radius 1 is 0.906 bits per heavy atom. The van der Waals surface area contributed by atoms with Gasteiger partial charge in [-0.1, -0.05) is 24.3 Å². The van der Waals surface area contributed by atoms with E-state index in [9.17, 15) is 26.0 Å². The molecule has 0 aliphatic heterocycles. The zero-order valence-corrected chi connectivity index (χ0v) is 18.7. The van der Waals surface area contributed by atoms with Crippen molar-refractivity contribution in [2.24, 2.45) is 5.14 Å². The number of hydrogen-bond acceptors (Lipinski definition) is 5. The second-order valence-corrected chi connectivity index (χ2v) is 10.3. The number of benzene rings is 3. The number of amides is 1. The average molecular weight is 478 g/mol. The Bertz CT molecular complexity index is 1420. The molecule has 0 unspecified atom stereocenters. The van der Waals surface area contributed by atoms with Gasteiger partial charge in [0.15, 0.2) is 0 Å². The Morgan fingerprint density at radius 3 is 2.22 bits per heavy atom. The molecule has 11 heteroatoms. The molecule has 0 saturated heterocycles. The van der Waals surface area contributed by atoms with Crippen molar-refractivity contribution < 1.29 is 26.0 Å². The highest BCUT2D eigenvalue weighted by atomic mass is 32.2. The molecule has 3 rings (SSSR count). The fourth-order valence-electron chi connectivity index (χ4n) is 2.93. The Kier molecular flexibility index (Phi) is 6.35. The summed E-state index contributed by atoms with van der Waals surface area (Å²) in [5.74, 6) is -1.38. The smallest absolute Gasteiger partial charge is 0.262 e. The maximum absolute atomic E-state index is 13.9. The summed E-state index contributed by atoms with van der Waals surface area (Å²) in [5, 5.41) is 7.68. The molecule has 3 aromatic carbocycles. The first-order valence-electron chi connectivity index (χ1n) is 9.21. The van der Waals surface area contributed by atoms with Crippen LogP contribution in [0.1, 0.15) is 21.5 Å². The lowest BCUT2D eigenvalue weighted by atomic mass is 10.1. The van der Waals surface area contributed by atoms with Crippen molar-refractivity contribution in [1.82, 2.24) is 0 Å². The van der Waals surface area contributed by atoms with E-state index in [0.717, 1.165) is 12.1 Å². The van der Waals surface area contributed by atoms with E-state index in [2.05, 4.69) is 10.0 Å². The number of aryl methyl sites for hydroxylation is 2. The molecule has 32 heavy (non-hydrogen) atoms. The number of nitrogens with two attached hydrogens (primary N) is 1. The van der Waals surface area contributed by atoms with Crippen LogP contribution in [0.2, 0.25) is 0 Å². The van der Waals surface area contributed by atoms with Crippen molar-refractivity contribution in [3.63, 3.8) is 0 Å². The lowest BCUT2D eigenvalue weighted by molar-refractivity contribution is 0.102. The summed E-state index contributed by atoms with van der Waals surface area (Å²) in [6.07, 6.45) is 0. The number of carbonyl (C=O) groups is 1. The topological polar surface area (TPSA) is 135 Å². The van der Waals surface area contributed by atoms with Crippen LogP contribution < -0.4 is 15.2 Å². The van der Waals surface area contributed by atoms with Crippen LogP contribution in [0.5, 0.6) is 0 Å². The molecule has 0 atom stereocenters. The molecule has 0 heterocycles. The van der Waals surface area contributed by atoms with Crippen molar-refractivity contribution in [3.05, 3.63) is 83.2 Å². The number of halogens is 1. The second kappa shape index (κ2) is 8.69. The second-order valence-electron chi connectivity index (χ2n) is 7.04. The predicted molar refractivity (Wildman–Crippen MR) is 119 cm³/mol. The molecule has 0 fully saturated rings. The van der Waals surface area contributed by atoms with Crippen LogP contribution >= 0.6 is 0 Å². The van der Waals surface area contributed by atoms with Crippen molar-refractivity contribution in [2.75, 3.05) is 10.0 Å². The molecule has 168 valence electrons. The number of nitrogens with one attached hydrogen (secondary N) is 2. The molecular weight excluding hydrogens is 457 g/mol. The van der Waals surface area contributed by atoms with Gasteiger partial charge in [0.2, 0.25) is 10.0 Å². The van der Waals surface area contributed by atoms with Gasteiger partial charge >= 0.3 is 0 Å². The fourth-order valence-corrected chi connectivity index (χ4v) is 4.81. The van der Waals surface area contributed by atoms with Gasteiger partial charge in [0.05, 0.1) is 15.5 Å². The number of sulfonamides is 2. The number of para-hydroxylation sites is 1. The minimum Gasteiger partial charge on any atom is -0.322 e. The maximum Gasteiger partial charge on any atom is 0.262 e. The zero-order valence-electron chi connectivity index (χ0n) is 17.1. The number of carbonyl (C=O) groups excluding carboxylic acids is 1. The van der Waals surface area contributed by atoms with Gasteiger partial charge in [-0.3, -0.25) is 9.52 Å². The third kappa shape index (κ3) is 5.13. The minimum absolute atomic E-state index is 0.0611. The highest BCUT2D eigenvalue weighted by Gasteiger charge is 2.20. The molecule has 0 radical (unpaired) electrons. The summed E-state index contributed by atoms with van der Waals surface area (Å²) in [4.78, 5) is 12.3. The van der Waals surface area contributed by atoms with Gasteiger partial charge < -0.3 is 5.32 Å². The molecule has 0 aliphatic rings. The highest BCUT2D eigenvalue weighted by Crippen LogP contribution is 2.25. The van der Waals surface area contributed by atoms with E-state index in [1.807, 2.05) is 0 Å². The van der Waals surface area contributed by atoms with E-state index in [-0.39, 0.29) is 26.7 Å². The number of hydrogen-bond donors (Lipinski definition) is 3. The van der Waals surface area contributed by atoms with Crippen LogP contribution in [-0.4, -0.2) is 22.7 Å². The van der Waals surface area contributed by atoms with E-state index in [0.29, 0.717) is 11.1 Å². The van der Waals surface area contributed by atoms with E-state index in [1.54, 1.807) is 13.8 Å². The zero-order chi connectivity index (χ0) is 23.7. The third-order valence-electron chi connectivity index (χ3n) is 4.64. The lowest BCUT2D eigenvalue weighted by Crippen LogP contribution is -2.18. The van der Waals surface area contributed by atoms with Gasteiger partial charge in [-0.25, -0.2) is 26.4 Å². The molecule has 1 amide bonds. The standard InChI is InChI=1S/C21H20FN3O5S2/c1-13-8-10-16(31(23,27)28)12-17(13)21(26)24-15-9-7-14(2)20(11-15)32(29,30)25-19-6-4-3-5-18(19)22/h3-12,25H,1-2H3,(H,24,26)(H2,23,27,28). The van der Waals surface area contributed by atoms with Crippen molar-refractivity contribution >= 4 is 37.3 Å². The molecule has 3 aromatic rings. The van der Waals surface area contributed by atoms with Crippen LogP contribution in [0.25, 0.3) is 0 Å². The number of rotatable bonds is 6. The van der Waals surface area contributed by atoms with Gasteiger partial charge in [0.25, 0.3) is 15.9 Å². The van der Waals surface area contributed by atoms with Gasteiger partial charge in [-0.2, -0.15) is 0 Å². The van der Waals surface area contributed by atoms with E-state index >= 15 is 0 Å². The van der Waals surface area contributed by atoms with Crippen molar-refractivity contribution in [1.29, 1.82) is 0 Å². The third-order valence-corrected chi connectivity index (χ3v) is 7.05. The normalized spacial score (nSPS) is 11.8. The highest BCUT2D eigenvalue weighted by molar-refractivity contribution is 7.92. The summed E-state index contributed by atoms with van der Waals surface area (Å²) >= 11 is 0. The number of primary sulfonamides is 1. The van der Waals surface area contributed by atoms with Gasteiger partial charge in [-0.15, -0.1) is 0 Å². The quantitative estimate of drug-likeness (QED) is 0.501. The summed E-state index contributed by atoms with van der Waals surface area (Å²) in [6.45, 7) is 3.17. The largest absolute Gasteiger partial charge is 0.322 e. The van der Waals surface area contributed by atoms with Gasteiger partial charge in [0.1, 0.15) is 5.82 Å². The van der Waals surface area contributed by atoms with Crippen molar-refractivity contribution in [3.8, 4) is 0 Å². The first kappa shape index (κ1) is 23.4. The summed E-state index contributed by atoms with van der Waals surface area (Å²) in [6, 6.07) is 13.4. The van der Waals surface area contributed by atoms with E-state index < -0.39 is 31.8 Å². The molecule has 4 N–H and O–H groups in total. The van der Waals surface area contributed by atoms with Crippen LogP contribution in [-0.2, 0) is 20.0 Å². The Morgan fingerprint density at radius 2 is 1.56 bits per heavy atom. The van der Waals surface area contributed by atoms with Crippen molar-refractivity contribution in [2.45, 2.75) is 23.6 Å². The summed E-state index contributed by atoms with van der Waals surface area (Å²) < 4.78 is 64.9. The first-order valence-corrected chi connectivity index (χ1v) is 12.2. The minimum atomic E-state index is -4.16. The van der Waals surface area contributed by atoms with Crippen LogP contribution in [0.4, 0.5) is 15.8 Å². The SMILES string of the molecule is Cc1ccc(S(N)(=O)=O)cc1C(=O)Nc1ccc(C)c(S(=O)(=O)Nc2ccccc2F)c1. The monoisotopic (exact) mass is 477 g/mol. The van der Waals surface area contributed by atoms with Gasteiger partial charge in [-0.05, 0) is 61.4 Å². The summed E-state index contributed by atoms with van der Waals surface area (Å²) in [5.41, 5.74) is 0.869. The lowest BCUT2D eigenvalue weighted by Gasteiger charge is -2.14. The van der Waals surface area contributed by atoms with E-state index in [1.165, 1.54) is 48.5 Å². The fraction of sp³-hybridized carbons (Fsp3) is 0.0952. The molecule has 8 nitrogen and oxygen atoms in total. The predicted octanol–water partition coefficient (Wildman–Crippen LogP) is 3.14. The maximum atomic E-state index is 13.9. The van der Waals surface area contributed by atoms with Gasteiger partial charge in [0, 0.05) is 11.3 Å². The van der Waals surface area contributed by atoms with Crippen LogP contribution in [0.3, 0.4) is 0 Å². The molecule has 0 saturated carbocycles. The average Bonchev–Trinajstić information content (AvgIpc) is 2.70. The van der Waals surface area contributed by atoms with E-state index in [4.69, 9.17) is 5.14 Å².